The van der Waals surface area contributed by atoms with Gasteiger partial charge in [-0.25, -0.2) is 0 Å². The highest BCUT2D eigenvalue weighted by molar-refractivity contribution is 8.00. The summed E-state index contributed by atoms with van der Waals surface area (Å²) in [5, 5.41) is 7.03. The van der Waals surface area contributed by atoms with Crippen LogP contribution in [0.4, 0.5) is 0 Å². The fourth-order valence-corrected chi connectivity index (χ4v) is 3.48. The summed E-state index contributed by atoms with van der Waals surface area (Å²) in [5.74, 6) is 2.20. The molecule has 1 fully saturated rings. The average molecular weight is 329 g/mol. The van der Waals surface area contributed by atoms with Gasteiger partial charge in [0.1, 0.15) is 0 Å². The van der Waals surface area contributed by atoms with Gasteiger partial charge in [0.2, 0.25) is 5.91 Å². The van der Waals surface area contributed by atoms with Crippen molar-refractivity contribution >= 4 is 23.6 Å². The number of hydrogen-bond donors (Lipinski definition) is 2. The van der Waals surface area contributed by atoms with Gasteiger partial charge in [-0.3, -0.25) is 9.79 Å². The van der Waals surface area contributed by atoms with E-state index in [1.165, 1.54) is 6.42 Å². The number of nitrogens with zero attached hydrogens (tertiary/aromatic N) is 2. The van der Waals surface area contributed by atoms with Crippen molar-refractivity contribution in [2.45, 2.75) is 58.2 Å². The fourth-order valence-electron chi connectivity index (χ4n) is 2.30. The molecule has 0 aromatic rings. The number of carbonyl (C=O) groups is 1. The molecule has 0 aromatic carbocycles. The van der Waals surface area contributed by atoms with Gasteiger partial charge >= 0.3 is 0 Å². The number of nitrogens with one attached hydrogen (secondary N) is 2. The lowest BCUT2D eigenvalue weighted by molar-refractivity contribution is -0.121. The standard InChI is InChI=1S/C16H32N4OS/c1-5-13(4)19-15(21)8-9-18-16(17-7-3)20-10-11-22-14(6-2)12-20/h13-14H,5-12H2,1-4H3,(H,17,18)(H,19,21). The molecule has 5 nitrogen and oxygen atoms in total. The monoisotopic (exact) mass is 328 g/mol. The number of aliphatic imine (C=N–C) groups is 1. The zero-order chi connectivity index (χ0) is 16.4. The highest BCUT2D eigenvalue weighted by Crippen LogP contribution is 2.21. The molecule has 0 radical (unpaired) electrons. The lowest BCUT2D eigenvalue weighted by atomic mass is 10.2. The van der Waals surface area contributed by atoms with Crippen LogP contribution in [0.5, 0.6) is 0 Å². The first-order valence-electron chi connectivity index (χ1n) is 8.54. The van der Waals surface area contributed by atoms with Crippen molar-refractivity contribution in [2.24, 2.45) is 4.99 Å². The summed E-state index contributed by atoms with van der Waals surface area (Å²) in [7, 11) is 0. The van der Waals surface area contributed by atoms with Gasteiger partial charge in [-0.1, -0.05) is 13.8 Å². The van der Waals surface area contributed by atoms with Gasteiger partial charge in [0.15, 0.2) is 5.96 Å². The van der Waals surface area contributed by atoms with Crippen molar-refractivity contribution in [3.63, 3.8) is 0 Å². The molecular weight excluding hydrogens is 296 g/mol. The van der Waals surface area contributed by atoms with Crippen LogP contribution >= 0.6 is 11.8 Å². The molecule has 1 amide bonds. The normalized spacial score (nSPS) is 20.6. The van der Waals surface area contributed by atoms with Crippen LogP contribution in [0.15, 0.2) is 4.99 Å². The van der Waals surface area contributed by atoms with Crippen molar-refractivity contribution in [1.29, 1.82) is 0 Å². The minimum atomic E-state index is 0.0922. The molecule has 1 aliphatic rings. The molecule has 0 aromatic heterocycles. The Bertz CT molecular complexity index is 362. The zero-order valence-electron chi connectivity index (χ0n) is 14.5. The quantitative estimate of drug-likeness (QED) is 0.555. The number of carbonyl (C=O) groups excluding carboxylic acids is 1. The van der Waals surface area contributed by atoms with E-state index in [-0.39, 0.29) is 11.9 Å². The average Bonchev–Trinajstić information content (AvgIpc) is 2.53. The van der Waals surface area contributed by atoms with Gasteiger partial charge < -0.3 is 15.5 Å². The molecule has 22 heavy (non-hydrogen) atoms. The smallest absolute Gasteiger partial charge is 0.222 e. The molecule has 2 N–H and O–H groups in total. The minimum Gasteiger partial charge on any atom is -0.357 e. The number of rotatable bonds is 7. The molecule has 0 aliphatic carbocycles. The second-order valence-electron chi connectivity index (χ2n) is 5.71. The second kappa shape index (κ2) is 10.8. The molecule has 2 unspecified atom stereocenters. The van der Waals surface area contributed by atoms with Crippen LogP contribution < -0.4 is 10.6 Å². The zero-order valence-corrected chi connectivity index (χ0v) is 15.3. The van der Waals surface area contributed by atoms with E-state index >= 15 is 0 Å². The Morgan fingerprint density at radius 3 is 2.82 bits per heavy atom. The first kappa shape index (κ1) is 19.1. The Labute approximate surface area is 139 Å². The molecular formula is C16H32N4OS. The third-order valence-corrected chi connectivity index (χ3v) is 5.22. The maximum absolute atomic E-state index is 11.8. The molecule has 1 aliphatic heterocycles. The number of hydrogen-bond acceptors (Lipinski definition) is 3. The molecule has 1 saturated heterocycles. The van der Waals surface area contributed by atoms with Gasteiger partial charge in [0, 0.05) is 43.1 Å². The number of amides is 1. The summed E-state index contributed by atoms with van der Waals surface area (Å²) < 4.78 is 0. The Kier molecular flexibility index (Phi) is 9.36. The number of guanidine groups is 1. The van der Waals surface area contributed by atoms with E-state index in [0.29, 0.717) is 18.2 Å². The second-order valence-corrected chi connectivity index (χ2v) is 7.12. The van der Waals surface area contributed by atoms with Crippen LogP contribution in [0.25, 0.3) is 0 Å². The summed E-state index contributed by atoms with van der Waals surface area (Å²) in [6.07, 6.45) is 2.61. The summed E-state index contributed by atoms with van der Waals surface area (Å²) >= 11 is 2.05. The van der Waals surface area contributed by atoms with E-state index in [1.807, 2.05) is 6.92 Å². The fraction of sp³-hybridized carbons (Fsp3) is 0.875. The third kappa shape index (κ3) is 6.90. The first-order valence-corrected chi connectivity index (χ1v) is 9.59. The van der Waals surface area contributed by atoms with Gasteiger partial charge in [-0.05, 0) is 26.7 Å². The van der Waals surface area contributed by atoms with E-state index in [2.05, 4.69) is 53.1 Å². The maximum atomic E-state index is 11.8. The van der Waals surface area contributed by atoms with Crippen LogP contribution in [0.2, 0.25) is 0 Å². The highest BCUT2D eigenvalue weighted by atomic mass is 32.2. The van der Waals surface area contributed by atoms with Gasteiger partial charge in [-0.2, -0.15) is 11.8 Å². The predicted octanol–water partition coefficient (Wildman–Crippen LogP) is 2.08. The molecule has 1 heterocycles. The van der Waals surface area contributed by atoms with Crippen LogP contribution in [0, 0.1) is 0 Å². The third-order valence-electron chi connectivity index (χ3n) is 3.85. The van der Waals surface area contributed by atoms with Gasteiger partial charge in [0.25, 0.3) is 0 Å². The highest BCUT2D eigenvalue weighted by Gasteiger charge is 2.21. The van der Waals surface area contributed by atoms with Crippen molar-refractivity contribution in [3.05, 3.63) is 0 Å². The van der Waals surface area contributed by atoms with Crippen LogP contribution in [0.3, 0.4) is 0 Å². The van der Waals surface area contributed by atoms with Crippen molar-refractivity contribution in [2.75, 3.05) is 31.9 Å². The van der Waals surface area contributed by atoms with E-state index in [1.54, 1.807) is 0 Å². The van der Waals surface area contributed by atoms with E-state index in [9.17, 15) is 4.79 Å². The molecule has 2 atom stereocenters. The lowest BCUT2D eigenvalue weighted by Crippen LogP contribution is -2.48. The topological polar surface area (TPSA) is 56.7 Å². The summed E-state index contributed by atoms with van der Waals surface area (Å²) in [4.78, 5) is 18.8. The van der Waals surface area contributed by atoms with Crippen molar-refractivity contribution in [1.82, 2.24) is 15.5 Å². The van der Waals surface area contributed by atoms with Crippen molar-refractivity contribution < 1.29 is 4.79 Å². The molecule has 0 bridgehead atoms. The molecule has 1 rings (SSSR count). The van der Waals surface area contributed by atoms with E-state index < -0.39 is 0 Å². The van der Waals surface area contributed by atoms with E-state index in [0.717, 1.165) is 37.8 Å². The minimum absolute atomic E-state index is 0.0922. The molecule has 0 spiro atoms. The largest absolute Gasteiger partial charge is 0.357 e. The summed E-state index contributed by atoms with van der Waals surface area (Å²) in [6, 6.07) is 0.245. The Hall–Kier alpha value is -0.910. The lowest BCUT2D eigenvalue weighted by Gasteiger charge is -2.34. The van der Waals surface area contributed by atoms with Gasteiger partial charge in [-0.15, -0.1) is 0 Å². The number of thioether (sulfide) groups is 1. The Morgan fingerprint density at radius 1 is 1.41 bits per heavy atom. The maximum Gasteiger partial charge on any atom is 0.222 e. The molecule has 6 heteroatoms. The van der Waals surface area contributed by atoms with Crippen LogP contribution in [-0.4, -0.2) is 60.0 Å². The Morgan fingerprint density at radius 2 is 2.18 bits per heavy atom. The Balaban J connectivity index is 2.49. The SMILES string of the molecule is CCNC(=NCCC(=O)NC(C)CC)N1CCSC(CC)C1. The first-order chi connectivity index (χ1) is 10.6. The van der Waals surface area contributed by atoms with Crippen LogP contribution in [0.1, 0.15) is 47.0 Å². The van der Waals surface area contributed by atoms with Crippen LogP contribution in [-0.2, 0) is 4.79 Å². The van der Waals surface area contributed by atoms with Crippen molar-refractivity contribution in [3.8, 4) is 0 Å². The van der Waals surface area contributed by atoms with Gasteiger partial charge in [0.05, 0.1) is 6.54 Å². The summed E-state index contributed by atoms with van der Waals surface area (Å²) in [5.41, 5.74) is 0. The predicted molar refractivity (Wildman–Crippen MR) is 96.6 cm³/mol. The summed E-state index contributed by atoms with van der Waals surface area (Å²) in [6.45, 7) is 11.9. The molecule has 0 saturated carbocycles. The van der Waals surface area contributed by atoms with E-state index in [4.69, 9.17) is 0 Å². The molecule has 128 valence electrons.